The zero-order valence-electron chi connectivity index (χ0n) is 7.43. The number of benzene rings is 1. The van der Waals surface area contributed by atoms with Crippen molar-refractivity contribution in [1.29, 1.82) is 0 Å². The smallest absolute Gasteiger partial charge is 0.170 e. The molecule has 0 bridgehead atoms. The Bertz CT molecular complexity index is 265. The van der Waals surface area contributed by atoms with Gasteiger partial charge in [-0.2, -0.15) is 0 Å². The maximum Gasteiger partial charge on any atom is 0.170 e. The van der Waals surface area contributed by atoms with Crippen molar-refractivity contribution < 1.29 is 14.6 Å². The van der Waals surface area contributed by atoms with Crippen molar-refractivity contribution in [2.45, 2.75) is 5.60 Å². The van der Waals surface area contributed by atoms with E-state index in [0.29, 0.717) is 11.8 Å². The summed E-state index contributed by atoms with van der Waals surface area (Å²) in [6, 6.07) is 8.92. The van der Waals surface area contributed by atoms with Crippen molar-refractivity contribution in [2.24, 2.45) is 0 Å². The van der Waals surface area contributed by atoms with Gasteiger partial charge < -0.3 is 9.84 Å². The summed E-state index contributed by atoms with van der Waals surface area (Å²) < 4.78 is 5.00. The Balaban J connectivity index is 3.08. The number of aliphatic hydroxyl groups is 1. The standard InChI is InChI=1S/C10H12O3/c1-13-10(7-11,8-12)9-5-3-2-4-6-9/h2-7,12H,8H2,1H3. The van der Waals surface area contributed by atoms with E-state index in [-0.39, 0.29) is 6.61 Å². The van der Waals surface area contributed by atoms with Gasteiger partial charge in [0.1, 0.15) is 0 Å². The fourth-order valence-electron chi connectivity index (χ4n) is 1.15. The first-order valence-electron chi connectivity index (χ1n) is 3.97. The fraction of sp³-hybridized carbons (Fsp3) is 0.300. The minimum absolute atomic E-state index is 0.350. The van der Waals surface area contributed by atoms with Gasteiger partial charge in [-0.1, -0.05) is 30.3 Å². The van der Waals surface area contributed by atoms with Gasteiger partial charge in [-0.05, 0) is 5.56 Å². The quantitative estimate of drug-likeness (QED) is 0.694. The molecule has 1 rings (SSSR count). The minimum atomic E-state index is -1.21. The minimum Gasteiger partial charge on any atom is -0.393 e. The second-order valence-electron chi connectivity index (χ2n) is 2.74. The molecular weight excluding hydrogens is 168 g/mol. The van der Waals surface area contributed by atoms with E-state index in [1.807, 2.05) is 6.07 Å². The van der Waals surface area contributed by atoms with Crippen molar-refractivity contribution in [2.75, 3.05) is 13.7 Å². The SMILES string of the molecule is COC(C=O)(CO)c1ccccc1. The lowest BCUT2D eigenvalue weighted by atomic mass is 9.96. The molecule has 0 saturated carbocycles. The molecule has 1 aromatic rings. The summed E-state index contributed by atoms with van der Waals surface area (Å²) >= 11 is 0. The molecule has 0 radical (unpaired) electrons. The van der Waals surface area contributed by atoms with Crippen LogP contribution in [0.5, 0.6) is 0 Å². The molecule has 0 amide bonds. The third-order valence-electron chi connectivity index (χ3n) is 2.05. The number of methoxy groups -OCH3 is 1. The Morgan fingerprint density at radius 1 is 1.46 bits per heavy atom. The molecule has 1 unspecified atom stereocenters. The Hall–Kier alpha value is -1.19. The van der Waals surface area contributed by atoms with Crippen LogP contribution in [0.1, 0.15) is 5.56 Å². The van der Waals surface area contributed by atoms with Crippen LogP contribution in [0.15, 0.2) is 30.3 Å². The second kappa shape index (κ2) is 4.16. The molecule has 0 fully saturated rings. The molecule has 1 N–H and O–H groups in total. The van der Waals surface area contributed by atoms with Gasteiger partial charge in [0.15, 0.2) is 11.9 Å². The van der Waals surface area contributed by atoms with Crippen LogP contribution in [0.4, 0.5) is 0 Å². The van der Waals surface area contributed by atoms with E-state index < -0.39 is 5.60 Å². The van der Waals surface area contributed by atoms with Crippen molar-refractivity contribution >= 4 is 6.29 Å². The number of ether oxygens (including phenoxy) is 1. The predicted octanol–water partition coefficient (Wildman–Crippen LogP) is 0.720. The topological polar surface area (TPSA) is 46.5 Å². The molecule has 13 heavy (non-hydrogen) atoms. The summed E-state index contributed by atoms with van der Waals surface area (Å²) in [5.74, 6) is 0. The maximum absolute atomic E-state index is 10.8. The lowest BCUT2D eigenvalue weighted by Gasteiger charge is -2.24. The summed E-state index contributed by atoms with van der Waals surface area (Å²) in [6.45, 7) is -0.350. The maximum atomic E-state index is 10.8. The van der Waals surface area contributed by atoms with Gasteiger partial charge in [-0.3, -0.25) is 4.79 Å². The van der Waals surface area contributed by atoms with E-state index in [4.69, 9.17) is 9.84 Å². The lowest BCUT2D eigenvalue weighted by Crippen LogP contribution is -2.34. The summed E-state index contributed by atoms with van der Waals surface area (Å²) in [6.07, 6.45) is 0.613. The van der Waals surface area contributed by atoms with Crippen molar-refractivity contribution in [1.82, 2.24) is 0 Å². The van der Waals surface area contributed by atoms with E-state index in [9.17, 15) is 4.79 Å². The zero-order chi connectivity index (χ0) is 9.73. The van der Waals surface area contributed by atoms with E-state index in [1.165, 1.54) is 7.11 Å². The second-order valence-corrected chi connectivity index (χ2v) is 2.74. The summed E-state index contributed by atoms with van der Waals surface area (Å²) in [7, 11) is 1.40. The van der Waals surface area contributed by atoms with Crippen LogP contribution in [0.3, 0.4) is 0 Å². The van der Waals surface area contributed by atoms with Gasteiger partial charge in [0.2, 0.25) is 0 Å². The van der Waals surface area contributed by atoms with Gasteiger partial charge in [0.25, 0.3) is 0 Å². The molecule has 0 heterocycles. The van der Waals surface area contributed by atoms with Crippen LogP contribution in [0.25, 0.3) is 0 Å². The summed E-state index contributed by atoms with van der Waals surface area (Å²) in [5.41, 5.74) is -0.545. The highest BCUT2D eigenvalue weighted by Gasteiger charge is 2.30. The third-order valence-corrected chi connectivity index (χ3v) is 2.05. The molecule has 0 aromatic heterocycles. The van der Waals surface area contributed by atoms with Gasteiger partial charge in [0.05, 0.1) is 6.61 Å². The van der Waals surface area contributed by atoms with Crippen LogP contribution in [-0.2, 0) is 15.1 Å². The predicted molar refractivity (Wildman–Crippen MR) is 48.3 cm³/mol. The van der Waals surface area contributed by atoms with Crippen LogP contribution in [0, 0.1) is 0 Å². The van der Waals surface area contributed by atoms with Crippen molar-refractivity contribution in [3.63, 3.8) is 0 Å². The molecule has 1 atom stereocenters. The number of carbonyl (C=O) groups excluding carboxylic acids is 1. The first-order chi connectivity index (χ1) is 6.29. The summed E-state index contributed by atoms with van der Waals surface area (Å²) in [4.78, 5) is 10.8. The third kappa shape index (κ3) is 1.76. The Kier molecular flexibility index (Phi) is 3.17. The van der Waals surface area contributed by atoms with E-state index >= 15 is 0 Å². The number of aliphatic hydroxyl groups excluding tert-OH is 1. The van der Waals surface area contributed by atoms with Crippen LogP contribution >= 0.6 is 0 Å². The Labute approximate surface area is 77.0 Å². The van der Waals surface area contributed by atoms with E-state index in [2.05, 4.69) is 0 Å². The largest absolute Gasteiger partial charge is 0.393 e. The highest BCUT2D eigenvalue weighted by molar-refractivity contribution is 5.66. The molecule has 0 aliphatic heterocycles. The van der Waals surface area contributed by atoms with Crippen molar-refractivity contribution in [3.8, 4) is 0 Å². The molecule has 3 heteroatoms. The highest BCUT2D eigenvalue weighted by Crippen LogP contribution is 2.21. The van der Waals surface area contributed by atoms with Gasteiger partial charge in [-0.25, -0.2) is 0 Å². The molecule has 1 aromatic carbocycles. The number of carbonyl (C=O) groups is 1. The van der Waals surface area contributed by atoms with Crippen molar-refractivity contribution in [3.05, 3.63) is 35.9 Å². The first kappa shape index (κ1) is 9.89. The Morgan fingerprint density at radius 2 is 2.08 bits per heavy atom. The molecule has 3 nitrogen and oxygen atoms in total. The summed E-state index contributed by atoms with van der Waals surface area (Å²) in [5, 5.41) is 9.07. The van der Waals surface area contributed by atoms with Crippen LogP contribution in [-0.4, -0.2) is 25.1 Å². The van der Waals surface area contributed by atoms with E-state index in [0.717, 1.165) is 0 Å². The normalized spacial score (nSPS) is 14.9. The average Bonchev–Trinajstić information content (AvgIpc) is 2.23. The highest BCUT2D eigenvalue weighted by atomic mass is 16.5. The lowest BCUT2D eigenvalue weighted by molar-refractivity contribution is -0.134. The molecule has 70 valence electrons. The van der Waals surface area contributed by atoms with Crippen LogP contribution in [0.2, 0.25) is 0 Å². The van der Waals surface area contributed by atoms with Gasteiger partial charge in [-0.15, -0.1) is 0 Å². The molecule has 0 aliphatic rings. The number of hydrogen-bond acceptors (Lipinski definition) is 3. The monoisotopic (exact) mass is 180 g/mol. The number of aldehydes is 1. The molecule has 0 spiro atoms. The molecule has 0 aliphatic carbocycles. The number of hydrogen-bond donors (Lipinski definition) is 1. The van der Waals surface area contributed by atoms with Crippen LogP contribution < -0.4 is 0 Å². The van der Waals surface area contributed by atoms with Gasteiger partial charge in [0, 0.05) is 7.11 Å². The van der Waals surface area contributed by atoms with Gasteiger partial charge >= 0.3 is 0 Å². The Morgan fingerprint density at radius 3 is 2.46 bits per heavy atom. The molecular formula is C10H12O3. The average molecular weight is 180 g/mol. The first-order valence-corrected chi connectivity index (χ1v) is 3.97. The molecule has 0 saturated heterocycles. The zero-order valence-corrected chi connectivity index (χ0v) is 7.43. The fourth-order valence-corrected chi connectivity index (χ4v) is 1.15. The van der Waals surface area contributed by atoms with E-state index in [1.54, 1.807) is 24.3 Å². The number of rotatable bonds is 4.